The number of carboxylic acids is 1. The fourth-order valence-corrected chi connectivity index (χ4v) is 2.51. The van der Waals surface area contributed by atoms with E-state index < -0.39 is 24.3 Å². The zero-order valence-electron chi connectivity index (χ0n) is 11.8. The van der Waals surface area contributed by atoms with Crippen LogP contribution in [0.3, 0.4) is 0 Å². The lowest BCUT2D eigenvalue weighted by Crippen LogP contribution is -2.28. The number of carboxylic acid groups (broad SMARTS) is 1. The third-order valence-corrected chi connectivity index (χ3v) is 3.69. The summed E-state index contributed by atoms with van der Waals surface area (Å²) < 4.78 is 9.83. The van der Waals surface area contributed by atoms with Crippen LogP contribution in [-0.2, 0) is 20.7 Å². The Morgan fingerprint density at radius 2 is 2.09 bits per heavy atom. The maximum atomic E-state index is 11.8. The minimum absolute atomic E-state index is 0.0434. The van der Waals surface area contributed by atoms with E-state index in [0.717, 1.165) is 5.56 Å². The average molecular weight is 306 g/mol. The monoisotopic (exact) mass is 306 g/mol. The Morgan fingerprint density at radius 1 is 1.32 bits per heavy atom. The molecule has 3 rings (SSSR count). The molecule has 116 valence electrons. The van der Waals surface area contributed by atoms with Crippen LogP contribution in [0.1, 0.15) is 5.56 Å². The van der Waals surface area contributed by atoms with Crippen LogP contribution in [0.4, 0.5) is 21.0 Å². The molecule has 0 aliphatic carbocycles. The van der Waals surface area contributed by atoms with Crippen molar-refractivity contribution >= 4 is 29.5 Å². The summed E-state index contributed by atoms with van der Waals surface area (Å²) in [6, 6.07) is 5.11. The number of amides is 2. The summed E-state index contributed by atoms with van der Waals surface area (Å²) in [6.07, 6.45) is -1.77. The number of hydrogen-bond acceptors (Lipinski definition) is 5. The Bertz CT molecular complexity index is 659. The normalized spacial score (nSPS) is 21.0. The minimum atomic E-state index is -1.18. The fourth-order valence-electron chi connectivity index (χ4n) is 2.51. The highest BCUT2D eigenvalue weighted by atomic mass is 16.6. The second-order valence-electron chi connectivity index (χ2n) is 5.06. The van der Waals surface area contributed by atoms with Crippen molar-refractivity contribution in [2.75, 3.05) is 30.0 Å². The van der Waals surface area contributed by atoms with E-state index in [4.69, 9.17) is 14.6 Å². The SMILES string of the molecule is CN1C(=O)OCCc2cc(N3C[C@H](C(=O)O)OC3=O)ccc21. The van der Waals surface area contributed by atoms with E-state index in [9.17, 15) is 14.4 Å². The predicted molar refractivity (Wildman–Crippen MR) is 75.1 cm³/mol. The minimum Gasteiger partial charge on any atom is -0.478 e. The molecule has 1 N–H and O–H groups in total. The van der Waals surface area contributed by atoms with Gasteiger partial charge in [0.1, 0.15) is 0 Å². The molecule has 0 aromatic heterocycles. The van der Waals surface area contributed by atoms with Gasteiger partial charge in [-0.05, 0) is 23.8 Å². The zero-order chi connectivity index (χ0) is 15.9. The van der Waals surface area contributed by atoms with E-state index in [1.54, 1.807) is 25.2 Å². The van der Waals surface area contributed by atoms with E-state index >= 15 is 0 Å². The average Bonchev–Trinajstić information content (AvgIpc) is 2.82. The lowest BCUT2D eigenvalue weighted by Gasteiger charge is -2.19. The number of rotatable bonds is 2. The second kappa shape index (κ2) is 5.21. The molecule has 1 aromatic carbocycles. The quantitative estimate of drug-likeness (QED) is 0.882. The molecule has 2 aliphatic rings. The lowest BCUT2D eigenvalue weighted by atomic mass is 10.1. The summed E-state index contributed by atoms with van der Waals surface area (Å²) in [5.41, 5.74) is 2.08. The van der Waals surface area contributed by atoms with Crippen LogP contribution in [-0.4, -0.2) is 49.6 Å². The number of ether oxygens (including phenoxy) is 2. The van der Waals surface area contributed by atoms with E-state index in [1.165, 1.54) is 9.80 Å². The number of carbonyl (C=O) groups is 3. The Hall–Kier alpha value is -2.77. The van der Waals surface area contributed by atoms with Crippen LogP contribution < -0.4 is 9.80 Å². The Labute approximate surface area is 125 Å². The molecule has 22 heavy (non-hydrogen) atoms. The summed E-state index contributed by atoms with van der Waals surface area (Å²) in [7, 11) is 1.61. The van der Waals surface area contributed by atoms with Crippen molar-refractivity contribution < 1.29 is 29.0 Å². The molecule has 2 heterocycles. The van der Waals surface area contributed by atoms with Crippen molar-refractivity contribution in [2.45, 2.75) is 12.5 Å². The van der Waals surface area contributed by atoms with Gasteiger partial charge in [-0.15, -0.1) is 0 Å². The van der Waals surface area contributed by atoms with Gasteiger partial charge in [0.05, 0.1) is 18.8 Å². The van der Waals surface area contributed by atoms with Crippen molar-refractivity contribution in [1.82, 2.24) is 0 Å². The van der Waals surface area contributed by atoms with Gasteiger partial charge in [0, 0.05) is 19.2 Å². The molecule has 0 saturated carbocycles. The van der Waals surface area contributed by atoms with Crippen molar-refractivity contribution in [1.29, 1.82) is 0 Å². The predicted octanol–water partition coefficient (Wildman–Crippen LogP) is 1.23. The van der Waals surface area contributed by atoms with Gasteiger partial charge in [0.2, 0.25) is 6.10 Å². The molecule has 8 heteroatoms. The maximum absolute atomic E-state index is 11.8. The molecule has 8 nitrogen and oxygen atoms in total. The number of hydrogen-bond donors (Lipinski definition) is 1. The number of benzene rings is 1. The third kappa shape index (κ3) is 2.32. The Morgan fingerprint density at radius 3 is 2.77 bits per heavy atom. The smallest absolute Gasteiger partial charge is 0.415 e. The van der Waals surface area contributed by atoms with Gasteiger partial charge < -0.3 is 14.6 Å². The summed E-state index contributed by atoms with van der Waals surface area (Å²) >= 11 is 0. The molecule has 0 spiro atoms. The highest BCUT2D eigenvalue weighted by Gasteiger charge is 2.37. The molecule has 0 unspecified atom stereocenters. The second-order valence-corrected chi connectivity index (χ2v) is 5.06. The Kier molecular flexibility index (Phi) is 3.36. The number of carbonyl (C=O) groups excluding carboxylic acids is 2. The molecular weight excluding hydrogens is 292 g/mol. The van der Waals surface area contributed by atoms with Crippen LogP contribution in [0.5, 0.6) is 0 Å². The number of nitrogens with zero attached hydrogens (tertiary/aromatic N) is 2. The number of cyclic esters (lactones) is 2. The first-order chi connectivity index (χ1) is 10.5. The van der Waals surface area contributed by atoms with E-state index in [-0.39, 0.29) is 13.2 Å². The van der Waals surface area contributed by atoms with Crippen LogP contribution in [0.15, 0.2) is 18.2 Å². The first kappa shape index (κ1) is 14.2. The topological polar surface area (TPSA) is 96.4 Å². The molecule has 2 amide bonds. The van der Waals surface area contributed by atoms with Gasteiger partial charge in [0.15, 0.2) is 0 Å². The van der Waals surface area contributed by atoms with Gasteiger partial charge in [0.25, 0.3) is 0 Å². The molecule has 0 radical (unpaired) electrons. The molecule has 1 fully saturated rings. The van der Waals surface area contributed by atoms with Crippen molar-refractivity contribution in [3.63, 3.8) is 0 Å². The van der Waals surface area contributed by atoms with Crippen molar-refractivity contribution in [3.05, 3.63) is 23.8 Å². The fraction of sp³-hybridized carbons (Fsp3) is 0.357. The van der Waals surface area contributed by atoms with Gasteiger partial charge >= 0.3 is 18.2 Å². The highest BCUT2D eigenvalue weighted by molar-refractivity contribution is 5.95. The molecule has 2 aliphatic heterocycles. The van der Waals surface area contributed by atoms with Crippen LogP contribution >= 0.6 is 0 Å². The molecular formula is C14H14N2O6. The summed E-state index contributed by atoms with van der Waals surface area (Å²) in [6.45, 7) is 0.208. The van der Waals surface area contributed by atoms with Gasteiger partial charge in [-0.2, -0.15) is 0 Å². The van der Waals surface area contributed by atoms with E-state index in [0.29, 0.717) is 17.8 Å². The Balaban J connectivity index is 1.91. The molecule has 1 atom stereocenters. The van der Waals surface area contributed by atoms with Gasteiger partial charge in [-0.1, -0.05) is 0 Å². The molecule has 1 saturated heterocycles. The van der Waals surface area contributed by atoms with E-state index in [2.05, 4.69) is 0 Å². The largest absolute Gasteiger partial charge is 0.478 e. The summed E-state index contributed by atoms with van der Waals surface area (Å²) in [5, 5.41) is 8.92. The first-order valence-corrected chi connectivity index (χ1v) is 6.71. The van der Waals surface area contributed by atoms with Gasteiger partial charge in [-0.3, -0.25) is 9.80 Å². The third-order valence-electron chi connectivity index (χ3n) is 3.69. The first-order valence-electron chi connectivity index (χ1n) is 6.71. The molecule has 1 aromatic rings. The van der Waals surface area contributed by atoms with Crippen LogP contribution in [0, 0.1) is 0 Å². The number of fused-ring (bicyclic) bond motifs is 1. The standard InChI is InChI=1S/C14H14N2O6/c1-15-10-3-2-9(6-8(10)4-5-21-13(15)19)16-7-11(12(17)18)22-14(16)20/h2-3,6,11H,4-5,7H2,1H3,(H,17,18)/t11-/m1/s1. The maximum Gasteiger partial charge on any atom is 0.415 e. The van der Waals surface area contributed by atoms with Crippen molar-refractivity contribution in [2.24, 2.45) is 0 Å². The number of aliphatic carboxylic acids is 1. The summed E-state index contributed by atoms with van der Waals surface area (Å²) in [4.78, 5) is 37.0. The highest BCUT2D eigenvalue weighted by Crippen LogP contribution is 2.30. The van der Waals surface area contributed by atoms with Crippen molar-refractivity contribution in [3.8, 4) is 0 Å². The van der Waals surface area contributed by atoms with E-state index in [1.807, 2.05) is 0 Å². The molecule has 0 bridgehead atoms. The lowest BCUT2D eigenvalue weighted by molar-refractivity contribution is -0.144. The number of anilines is 2. The zero-order valence-corrected chi connectivity index (χ0v) is 11.8. The van der Waals surface area contributed by atoms with Crippen LogP contribution in [0.2, 0.25) is 0 Å². The van der Waals surface area contributed by atoms with Crippen LogP contribution in [0.25, 0.3) is 0 Å². The van der Waals surface area contributed by atoms with Gasteiger partial charge in [-0.25, -0.2) is 14.4 Å². The summed E-state index contributed by atoms with van der Waals surface area (Å²) in [5.74, 6) is -1.18.